The fourth-order valence-electron chi connectivity index (χ4n) is 5.33. The zero-order chi connectivity index (χ0) is 24.1. The monoisotopic (exact) mass is 470 g/mol. The van der Waals surface area contributed by atoms with Gasteiger partial charge in [-0.15, -0.1) is 0 Å². The number of nitrogens with zero attached hydrogens (tertiary/aromatic N) is 4. The number of hydrogen-bond acceptors (Lipinski definition) is 10. The molecule has 0 spiro atoms. The molecular formula is C23H30N6O5. The SMILES string of the molecule is CC1(C)O[C@H]2[C@@H](O1)[C@](C#N)(c1ccc3c(N)ncnn13)O[C@@H]2COC(=O)CC1CCC(N)CC1. The first-order valence-corrected chi connectivity index (χ1v) is 11.7. The molecule has 1 saturated carbocycles. The number of nitrogens with two attached hydrogens (primary N) is 2. The Balaban J connectivity index is 1.37. The van der Waals surface area contributed by atoms with Gasteiger partial charge in [0.2, 0.25) is 5.60 Å². The van der Waals surface area contributed by atoms with Crippen LogP contribution in [-0.2, 0) is 29.3 Å². The molecule has 0 aromatic carbocycles. The Labute approximate surface area is 197 Å². The second kappa shape index (κ2) is 8.46. The molecule has 3 aliphatic rings. The Morgan fingerprint density at radius 3 is 2.76 bits per heavy atom. The molecule has 1 aliphatic carbocycles. The van der Waals surface area contributed by atoms with Gasteiger partial charge in [-0.25, -0.2) is 9.50 Å². The number of nitrogen functional groups attached to an aromatic ring is 1. The molecule has 5 rings (SSSR count). The van der Waals surface area contributed by atoms with Crippen molar-refractivity contribution < 1.29 is 23.7 Å². The highest BCUT2D eigenvalue weighted by atomic mass is 16.8. The lowest BCUT2D eigenvalue weighted by atomic mass is 9.84. The topological polar surface area (TPSA) is 160 Å². The highest BCUT2D eigenvalue weighted by Crippen LogP contribution is 2.49. The third kappa shape index (κ3) is 3.90. The van der Waals surface area contributed by atoms with Crippen molar-refractivity contribution in [1.82, 2.24) is 14.6 Å². The summed E-state index contributed by atoms with van der Waals surface area (Å²) in [6, 6.07) is 5.96. The third-order valence-electron chi connectivity index (χ3n) is 7.02. The Kier molecular flexibility index (Phi) is 5.72. The number of ether oxygens (including phenoxy) is 4. The number of rotatable bonds is 5. The van der Waals surface area contributed by atoms with Gasteiger partial charge in [-0.05, 0) is 57.6 Å². The number of fused-ring (bicyclic) bond motifs is 2. The van der Waals surface area contributed by atoms with Crippen molar-refractivity contribution in [2.75, 3.05) is 12.3 Å². The van der Waals surface area contributed by atoms with E-state index >= 15 is 0 Å². The normalized spacial score (nSPS) is 34.6. The van der Waals surface area contributed by atoms with Gasteiger partial charge in [0.25, 0.3) is 0 Å². The fraction of sp³-hybridized carbons (Fsp3) is 0.652. The summed E-state index contributed by atoms with van der Waals surface area (Å²) in [4.78, 5) is 16.6. The van der Waals surface area contributed by atoms with Gasteiger partial charge in [0.15, 0.2) is 11.6 Å². The van der Waals surface area contributed by atoms with Crippen molar-refractivity contribution in [3.63, 3.8) is 0 Å². The zero-order valence-electron chi connectivity index (χ0n) is 19.3. The molecule has 0 amide bonds. The highest BCUT2D eigenvalue weighted by Gasteiger charge is 2.65. The van der Waals surface area contributed by atoms with Crippen molar-refractivity contribution in [1.29, 1.82) is 5.26 Å². The highest BCUT2D eigenvalue weighted by molar-refractivity contribution is 5.69. The molecule has 2 saturated heterocycles. The second-order valence-electron chi connectivity index (χ2n) is 9.85. The second-order valence-corrected chi connectivity index (χ2v) is 9.85. The summed E-state index contributed by atoms with van der Waals surface area (Å²) in [5.74, 6) is -0.667. The van der Waals surface area contributed by atoms with Crippen molar-refractivity contribution >= 4 is 17.3 Å². The summed E-state index contributed by atoms with van der Waals surface area (Å²) in [5.41, 5.74) is 11.4. The van der Waals surface area contributed by atoms with E-state index in [2.05, 4.69) is 16.2 Å². The van der Waals surface area contributed by atoms with Crippen LogP contribution < -0.4 is 11.5 Å². The van der Waals surface area contributed by atoms with Crippen LogP contribution in [0.15, 0.2) is 18.5 Å². The number of carbonyl (C=O) groups is 1. The number of esters is 1. The van der Waals surface area contributed by atoms with Crippen LogP contribution in [0.3, 0.4) is 0 Å². The number of hydrogen-bond donors (Lipinski definition) is 2. The average Bonchev–Trinajstić information content (AvgIpc) is 3.45. The van der Waals surface area contributed by atoms with E-state index in [-0.39, 0.29) is 30.4 Å². The summed E-state index contributed by atoms with van der Waals surface area (Å²) < 4.78 is 25.6. The van der Waals surface area contributed by atoms with Crippen LogP contribution in [-0.4, -0.2) is 57.3 Å². The Bertz CT molecular complexity index is 1120. The van der Waals surface area contributed by atoms with E-state index < -0.39 is 29.7 Å². The van der Waals surface area contributed by atoms with Gasteiger partial charge in [0, 0.05) is 12.5 Å². The van der Waals surface area contributed by atoms with Crippen LogP contribution in [0.4, 0.5) is 5.82 Å². The van der Waals surface area contributed by atoms with Gasteiger partial charge in [-0.2, -0.15) is 10.4 Å². The van der Waals surface area contributed by atoms with Crippen molar-refractivity contribution in [2.24, 2.45) is 11.7 Å². The number of carbonyl (C=O) groups excluding carboxylic acids is 1. The number of anilines is 1. The molecular weight excluding hydrogens is 440 g/mol. The molecule has 0 bridgehead atoms. The smallest absolute Gasteiger partial charge is 0.306 e. The van der Waals surface area contributed by atoms with Crippen LogP contribution in [0.25, 0.3) is 5.52 Å². The molecule has 34 heavy (non-hydrogen) atoms. The first-order chi connectivity index (χ1) is 16.2. The van der Waals surface area contributed by atoms with Gasteiger partial charge in [-0.3, -0.25) is 4.79 Å². The molecule has 2 aliphatic heterocycles. The largest absolute Gasteiger partial charge is 0.463 e. The molecule has 3 fully saturated rings. The van der Waals surface area contributed by atoms with Crippen molar-refractivity contribution in [3.8, 4) is 6.07 Å². The zero-order valence-corrected chi connectivity index (χ0v) is 19.3. The lowest BCUT2D eigenvalue weighted by Crippen LogP contribution is -2.40. The lowest BCUT2D eigenvalue weighted by molar-refractivity contribution is -0.207. The molecule has 11 heteroatoms. The van der Waals surface area contributed by atoms with Gasteiger partial charge < -0.3 is 30.4 Å². The maximum atomic E-state index is 12.6. The molecule has 4 N–H and O–H groups in total. The van der Waals surface area contributed by atoms with E-state index in [0.29, 0.717) is 17.6 Å². The summed E-state index contributed by atoms with van der Waals surface area (Å²) in [7, 11) is 0. The van der Waals surface area contributed by atoms with E-state index in [1.807, 2.05) is 0 Å². The van der Waals surface area contributed by atoms with E-state index in [4.69, 9.17) is 30.4 Å². The van der Waals surface area contributed by atoms with Crippen molar-refractivity contribution in [2.45, 2.75) is 81.7 Å². The minimum absolute atomic E-state index is 0.0461. The van der Waals surface area contributed by atoms with E-state index in [1.165, 1.54) is 10.8 Å². The number of aromatic nitrogens is 3. The molecule has 4 atom stereocenters. The van der Waals surface area contributed by atoms with Crippen LogP contribution in [0.2, 0.25) is 0 Å². The van der Waals surface area contributed by atoms with E-state index in [0.717, 1.165) is 25.7 Å². The van der Waals surface area contributed by atoms with E-state index in [9.17, 15) is 10.1 Å². The van der Waals surface area contributed by atoms with Gasteiger partial charge in [0.1, 0.15) is 42.8 Å². The molecule has 182 valence electrons. The van der Waals surface area contributed by atoms with Gasteiger partial charge in [0.05, 0.1) is 5.69 Å². The molecule has 0 radical (unpaired) electrons. The molecule has 2 aromatic heterocycles. The Hall–Kier alpha value is -2.78. The van der Waals surface area contributed by atoms with Crippen molar-refractivity contribution in [3.05, 3.63) is 24.2 Å². The summed E-state index contributed by atoms with van der Waals surface area (Å²) in [6.45, 7) is 3.51. The van der Waals surface area contributed by atoms with Gasteiger partial charge >= 0.3 is 5.97 Å². The van der Waals surface area contributed by atoms with E-state index in [1.54, 1.807) is 26.0 Å². The standard InChI is InChI=1S/C23H30N6O5/c1-22(2)33-19-16(10-31-18(30)9-13-3-5-14(25)6-4-13)32-23(11-24,20(19)34-22)17-8-7-15-21(26)27-12-28-29(15)17/h7-8,12-14,16,19-20H,3-6,9-10,25H2,1-2H3,(H2,26,27,28)/t13?,14?,16-,19-,20-,23+/m1/s1. The predicted molar refractivity (Wildman–Crippen MR) is 119 cm³/mol. The Morgan fingerprint density at radius 2 is 2.03 bits per heavy atom. The lowest BCUT2D eigenvalue weighted by Gasteiger charge is -2.29. The Morgan fingerprint density at radius 1 is 1.26 bits per heavy atom. The summed E-state index contributed by atoms with van der Waals surface area (Å²) in [6.07, 6.45) is 3.31. The average molecular weight is 471 g/mol. The van der Waals surface area contributed by atoms with Crippen LogP contribution in [0.5, 0.6) is 0 Å². The third-order valence-corrected chi connectivity index (χ3v) is 7.02. The van der Waals surface area contributed by atoms with Crippen LogP contribution in [0.1, 0.15) is 51.6 Å². The summed E-state index contributed by atoms with van der Waals surface area (Å²) >= 11 is 0. The minimum Gasteiger partial charge on any atom is -0.463 e. The maximum absolute atomic E-state index is 12.6. The quantitative estimate of drug-likeness (QED) is 0.611. The van der Waals surface area contributed by atoms with Gasteiger partial charge in [-0.1, -0.05) is 0 Å². The molecule has 0 unspecified atom stereocenters. The first-order valence-electron chi connectivity index (χ1n) is 11.7. The maximum Gasteiger partial charge on any atom is 0.306 e. The summed E-state index contributed by atoms with van der Waals surface area (Å²) in [5, 5.41) is 14.6. The molecule has 11 nitrogen and oxygen atoms in total. The minimum atomic E-state index is -1.54. The van der Waals surface area contributed by atoms with Crippen LogP contribution in [0, 0.1) is 17.2 Å². The first kappa shape index (κ1) is 23.0. The molecule has 2 aromatic rings. The fourth-order valence-corrected chi connectivity index (χ4v) is 5.33. The predicted octanol–water partition coefficient (Wildman–Crippen LogP) is 1.40. The van der Waals surface area contributed by atoms with Crippen LogP contribution >= 0.6 is 0 Å². The number of nitriles is 1. The molecule has 4 heterocycles.